The molecule has 1 aromatic rings. The molecule has 1 aliphatic heterocycles. The maximum atomic E-state index is 12.6. The van der Waals surface area contributed by atoms with E-state index in [1.807, 2.05) is 42.2 Å². The van der Waals surface area contributed by atoms with Gasteiger partial charge in [0.25, 0.3) is 5.91 Å². The van der Waals surface area contributed by atoms with Gasteiger partial charge in [0.05, 0.1) is 6.61 Å². The largest absolute Gasteiger partial charge is 0.364 e. The predicted octanol–water partition coefficient (Wildman–Crippen LogP) is 2.18. The van der Waals surface area contributed by atoms with Crippen LogP contribution < -0.4 is 5.73 Å². The van der Waals surface area contributed by atoms with E-state index in [1.54, 1.807) is 0 Å². The van der Waals surface area contributed by atoms with Gasteiger partial charge in [0.15, 0.2) is 0 Å². The second kappa shape index (κ2) is 7.57. The Balaban J connectivity index is 1.92. The van der Waals surface area contributed by atoms with Crippen LogP contribution >= 0.6 is 0 Å². The van der Waals surface area contributed by atoms with E-state index in [4.69, 9.17) is 10.5 Å². The van der Waals surface area contributed by atoms with E-state index in [0.29, 0.717) is 19.1 Å². The van der Waals surface area contributed by atoms with E-state index in [9.17, 15) is 4.79 Å². The fraction of sp³-hybridized carbons (Fsp3) is 0.588. The smallest absolute Gasteiger partial charge is 0.251 e. The van der Waals surface area contributed by atoms with Crippen LogP contribution in [0.3, 0.4) is 0 Å². The number of hydrogen-bond donors (Lipinski definition) is 1. The van der Waals surface area contributed by atoms with Crippen LogP contribution in [0.2, 0.25) is 0 Å². The lowest BCUT2D eigenvalue weighted by atomic mass is 9.90. The zero-order valence-electron chi connectivity index (χ0n) is 13.0. The molecule has 1 heterocycles. The number of piperidine rings is 1. The Morgan fingerprint density at radius 3 is 2.81 bits per heavy atom. The van der Waals surface area contributed by atoms with Crippen molar-refractivity contribution in [3.63, 3.8) is 0 Å². The average molecular weight is 290 g/mol. The first kappa shape index (κ1) is 16.0. The minimum atomic E-state index is -0.426. The standard InChI is InChI=1S/C17H26N2O2/c1-13-7-6-10-19(16(13)11-18)17(20)14(2)21-12-15-8-4-3-5-9-15/h3-5,8-9,13-14,16H,6-7,10-12,18H2,1-2H3/t13-,14+,16-/m1/s1. The monoisotopic (exact) mass is 290 g/mol. The molecule has 0 radical (unpaired) electrons. The zero-order chi connectivity index (χ0) is 15.2. The molecule has 0 aliphatic carbocycles. The van der Waals surface area contributed by atoms with Gasteiger partial charge in [0, 0.05) is 19.1 Å². The van der Waals surface area contributed by atoms with Crippen LogP contribution in [-0.4, -0.2) is 36.0 Å². The van der Waals surface area contributed by atoms with Crippen LogP contribution in [0, 0.1) is 5.92 Å². The molecular weight excluding hydrogens is 264 g/mol. The normalized spacial score (nSPS) is 23.9. The summed E-state index contributed by atoms with van der Waals surface area (Å²) in [6.07, 6.45) is 1.77. The second-order valence-corrected chi connectivity index (χ2v) is 5.89. The fourth-order valence-corrected chi connectivity index (χ4v) is 2.98. The average Bonchev–Trinajstić information content (AvgIpc) is 2.52. The topological polar surface area (TPSA) is 55.6 Å². The molecule has 4 nitrogen and oxygen atoms in total. The van der Waals surface area contributed by atoms with Crippen LogP contribution in [0.1, 0.15) is 32.3 Å². The van der Waals surface area contributed by atoms with E-state index in [2.05, 4.69) is 6.92 Å². The van der Waals surface area contributed by atoms with Crippen molar-refractivity contribution < 1.29 is 9.53 Å². The minimum Gasteiger partial charge on any atom is -0.364 e. The number of nitrogens with two attached hydrogens (primary N) is 1. The highest BCUT2D eigenvalue weighted by molar-refractivity contribution is 5.81. The van der Waals surface area contributed by atoms with Gasteiger partial charge in [-0.15, -0.1) is 0 Å². The molecule has 1 fully saturated rings. The first-order valence-electron chi connectivity index (χ1n) is 7.79. The second-order valence-electron chi connectivity index (χ2n) is 5.89. The van der Waals surface area contributed by atoms with Gasteiger partial charge < -0.3 is 15.4 Å². The molecule has 1 aliphatic rings. The van der Waals surface area contributed by atoms with Gasteiger partial charge in [-0.3, -0.25) is 4.79 Å². The number of ether oxygens (including phenoxy) is 1. The van der Waals surface area contributed by atoms with Crippen LogP contribution in [0.15, 0.2) is 30.3 Å². The first-order chi connectivity index (χ1) is 10.1. The number of amides is 1. The van der Waals surface area contributed by atoms with E-state index < -0.39 is 6.10 Å². The van der Waals surface area contributed by atoms with Crippen molar-refractivity contribution in [3.05, 3.63) is 35.9 Å². The summed E-state index contributed by atoms with van der Waals surface area (Å²) in [6.45, 7) is 5.79. The Labute approximate surface area is 127 Å². The highest BCUT2D eigenvalue weighted by Gasteiger charge is 2.33. The molecule has 21 heavy (non-hydrogen) atoms. The molecule has 0 saturated carbocycles. The lowest BCUT2D eigenvalue weighted by molar-refractivity contribution is -0.148. The summed E-state index contributed by atoms with van der Waals surface area (Å²) in [5.74, 6) is 0.530. The van der Waals surface area contributed by atoms with Crippen molar-refractivity contribution in [2.75, 3.05) is 13.1 Å². The van der Waals surface area contributed by atoms with Gasteiger partial charge in [-0.1, -0.05) is 37.3 Å². The van der Waals surface area contributed by atoms with Crippen molar-refractivity contribution in [1.29, 1.82) is 0 Å². The van der Waals surface area contributed by atoms with Gasteiger partial charge in [-0.2, -0.15) is 0 Å². The third-order valence-corrected chi connectivity index (χ3v) is 4.33. The lowest BCUT2D eigenvalue weighted by Crippen LogP contribution is -2.54. The summed E-state index contributed by atoms with van der Waals surface area (Å²) in [4.78, 5) is 14.5. The van der Waals surface area contributed by atoms with E-state index in [-0.39, 0.29) is 11.9 Å². The number of nitrogens with zero attached hydrogens (tertiary/aromatic N) is 1. The molecule has 2 rings (SSSR count). The number of hydrogen-bond acceptors (Lipinski definition) is 3. The number of likely N-dealkylation sites (tertiary alicyclic amines) is 1. The van der Waals surface area contributed by atoms with E-state index >= 15 is 0 Å². The van der Waals surface area contributed by atoms with Crippen molar-refractivity contribution in [2.24, 2.45) is 11.7 Å². The molecule has 0 unspecified atom stereocenters. The third kappa shape index (κ3) is 4.05. The Kier molecular flexibility index (Phi) is 5.76. The molecule has 116 valence electrons. The summed E-state index contributed by atoms with van der Waals surface area (Å²) >= 11 is 0. The lowest BCUT2D eigenvalue weighted by Gasteiger charge is -2.40. The molecule has 2 N–H and O–H groups in total. The summed E-state index contributed by atoms with van der Waals surface area (Å²) in [7, 11) is 0. The van der Waals surface area contributed by atoms with Crippen molar-refractivity contribution in [3.8, 4) is 0 Å². The van der Waals surface area contributed by atoms with Gasteiger partial charge in [-0.25, -0.2) is 0 Å². The van der Waals surface area contributed by atoms with Crippen LogP contribution in [-0.2, 0) is 16.1 Å². The van der Waals surface area contributed by atoms with Crippen LogP contribution in [0.25, 0.3) is 0 Å². The minimum absolute atomic E-state index is 0.0629. The Hall–Kier alpha value is -1.39. The fourth-order valence-electron chi connectivity index (χ4n) is 2.98. The van der Waals surface area contributed by atoms with Crippen LogP contribution in [0.5, 0.6) is 0 Å². The van der Waals surface area contributed by atoms with E-state index in [0.717, 1.165) is 24.9 Å². The highest BCUT2D eigenvalue weighted by Crippen LogP contribution is 2.23. The Morgan fingerprint density at radius 1 is 1.43 bits per heavy atom. The highest BCUT2D eigenvalue weighted by atomic mass is 16.5. The molecule has 0 spiro atoms. The Bertz CT molecular complexity index is 449. The molecule has 1 amide bonds. The number of carbonyl (C=O) groups excluding carboxylic acids is 1. The maximum Gasteiger partial charge on any atom is 0.251 e. The van der Waals surface area contributed by atoms with Gasteiger partial charge in [0.1, 0.15) is 6.10 Å². The molecule has 0 aromatic heterocycles. The summed E-state index contributed by atoms with van der Waals surface area (Å²) < 4.78 is 5.74. The summed E-state index contributed by atoms with van der Waals surface area (Å²) in [5, 5.41) is 0. The molecule has 1 saturated heterocycles. The third-order valence-electron chi connectivity index (χ3n) is 4.33. The summed E-state index contributed by atoms with van der Waals surface area (Å²) in [6, 6.07) is 10.1. The molecule has 4 heteroatoms. The van der Waals surface area contributed by atoms with Gasteiger partial charge in [0.2, 0.25) is 0 Å². The molecular formula is C17H26N2O2. The first-order valence-corrected chi connectivity index (χ1v) is 7.79. The molecule has 0 bridgehead atoms. The molecule has 3 atom stereocenters. The van der Waals surface area contributed by atoms with Gasteiger partial charge >= 0.3 is 0 Å². The van der Waals surface area contributed by atoms with Crippen molar-refractivity contribution >= 4 is 5.91 Å². The van der Waals surface area contributed by atoms with Crippen LogP contribution in [0.4, 0.5) is 0 Å². The quantitative estimate of drug-likeness (QED) is 0.904. The predicted molar refractivity (Wildman–Crippen MR) is 83.6 cm³/mol. The summed E-state index contributed by atoms with van der Waals surface area (Å²) in [5.41, 5.74) is 6.94. The van der Waals surface area contributed by atoms with Crippen molar-refractivity contribution in [1.82, 2.24) is 4.90 Å². The molecule has 1 aromatic carbocycles. The maximum absolute atomic E-state index is 12.6. The number of rotatable bonds is 5. The Morgan fingerprint density at radius 2 is 2.14 bits per heavy atom. The zero-order valence-corrected chi connectivity index (χ0v) is 13.0. The SMILES string of the molecule is C[C@H](OCc1ccccc1)C(=O)N1CCC[C@@H](C)[C@H]1CN. The van der Waals surface area contributed by atoms with Gasteiger partial charge in [-0.05, 0) is 31.2 Å². The number of benzene rings is 1. The van der Waals surface area contributed by atoms with Crippen molar-refractivity contribution in [2.45, 2.75) is 45.4 Å². The number of carbonyl (C=O) groups is 1. The van der Waals surface area contributed by atoms with E-state index in [1.165, 1.54) is 0 Å².